The Morgan fingerprint density at radius 3 is 2.55 bits per heavy atom. The fourth-order valence-electron chi connectivity index (χ4n) is 2.18. The van der Waals surface area contributed by atoms with Crippen LogP contribution in [0.4, 0.5) is 4.79 Å². The van der Waals surface area contributed by atoms with Crippen molar-refractivity contribution in [2.75, 3.05) is 26.7 Å². The highest BCUT2D eigenvalue weighted by atomic mass is 16.3. The van der Waals surface area contributed by atoms with Crippen molar-refractivity contribution >= 4 is 6.03 Å². The van der Waals surface area contributed by atoms with Gasteiger partial charge in [0.2, 0.25) is 0 Å². The number of aliphatic hydroxyl groups excluding tert-OH is 1. The van der Waals surface area contributed by atoms with E-state index >= 15 is 0 Å². The molecular formula is C17H29N3O2. The van der Waals surface area contributed by atoms with E-state index < -0.39 is 6.10 Å². The van der Waals surface area contributed by atoms with Crippen LogP contribution in [0, 0.1) is 6.92 Å². The van der Waals surface area contributed by atoms with Gasteiger partial charge in [0.1, 0.15) is 0 Å². The molecule has 5 nitrogen and oxygen atoms in total. The first-order chi connectivity index (χ1) is 10.3. The Kier molecular flexibility index (Phi) is 6.84. The second-order valence-electron chi connectivity index (χ2n) is 6.26. The highest BCUT2D eigenvalue weighted by Gasteiger charge is 2.22. The second kappa shape index (κ2) is 8.15. The van der Waals surface area contributed by atoms with Gasteiger partial charge in [-0.25, -0.2) is 4.79 Å². The zero-order valence-corrected chi connectivity index (χ0v) is 14.3. The lowest BCUT2D eigenvalue weighted by molar-refractivity contribution is 0.156. The molecule has 0 heterocycles. The van der Waals surface area contributed by atoms with Gasteiger partial charge >= 0.3 is 6.03 Å². The third-order valence-electron chi connectivity index (χ3n) is 4.19. The van der Waals surface area contributed by atoms with E-state index in [4.69, 9.17) is 0 Å². The van der Waals surface area contributed by atoms with E-state index in [1.165, 1.54) is 0 Å². The number of hydrogen-bond acceptors (Lipinski definition) is 3. The van der Waals surface area contributed by atoms with Crippen LogP contribution in [-0.4, -0.2) is 48.3 Å². The van der Waals surface area contributed by atoms with Crippen LogP contribution in [0.3, 0.4) is 0 Å². The van der Waals surface area contributed by atoms with Crippen molar-refractivity contribution in [2.24, 2.45) is 0 Å². The molecular weight excluding hydrogens is 278 g/mol. The smallest absolute Gasteiger partial charge is 0.314 e. The van der Waals surface area contributed by atoms with Crippen LogP contribution in [0.5, 0.6) is 0 Å². The van der Waals surface area contributed by atoms with Crippen molar-refractivity contribution in [3.63, 3.8) is 0 Å². The maximum atomic E-state index is 11.9. The molecule has 1 atom stereocenters. The fourth-order valence-corrected chi connectivity index (χ4v) is 2.18. The number of amides is 2. The minimum atomic E-state index is -0.696. The van der Waals surface area contributed by atoms with Crippen molar-refractivity contribution in [2.45, 2.75) is 39.3 Å². The first-order valence-corrected chi connectivity index (χ1v) is 7.74. The minimum Gasteiger partial charge on any atom is -0.387 e. The van der Waals surface area contributed by atoms with Crippen molar-refractivity contribution in [1.29, 1.82) is 0 Å². The molecule has 1 aromatic rings. The molecule has 0 bridgehead atoms. The number of urea groups is 1. The Hall–Kier alpha value is -1.59. The van der Waals surface area contributed by atoms with E-state index in [9.17, 15) is 9.90 Å². The third kappa shape index (κ3) is 5.31. The fraction of sp³-hybridized carbons (Fsp3) is 0.588. The number of nitrogens with one attached hydrogen (secondary N) is 2. The van der Waals surface area contributed by atoms with E-state index in [1.54, 1.807) is 0 Å². The number of hydrogen-bond donors (Lipinski definition) is 3. The molecule has 2 amide bonds. The lowest BCUT2D eigenvalue weighted by Crippen LogP contribution is -2.51. The average Bonchev–Trinajstić information content (AvgIpc) is 2.50. The average molecular weight is 307 g/mol. The summed E-state index contributed by atoms with van der Waals surface area (Å²) in [5, 5.41) is 15.7. The van der Waals surface area contributed by atoms with Crippen molar-refractivity contribution in [3.05, 3.63) is 35.4 Å². The molecule has 1 rings (SSSR count). The molecule has 0 aliphatic heterocycles. The van der Waals surface area contributed by atoms with Gasteiger partial charge in [-0.2, -0.15) is 0 Å². The van der Waals surface area contributed by atoms with Gasteiger partial charge in [0, 0.05) is 18.6 Å². The zero-order valence-electron chi connectivity index (χ0n) is 14.3. The zero-order chi connectivity index (χ0) is 16.8. The monoisotopic (exact) mass is 307 g/mol. The van der Waals surface area contributed by atoms with E-state index in [0.29, 0.717) is 6.54 Å². The summed E-state index contributed by atoms with van der Waals surface area (Å²) in [4.78, 5) is 14.0. The summed E-state index contributed by atoms with van der Waals surface area (Å²) in [5.41, 5.74) is 1.75. The van der Waals surface area contributed by atoms with Gasteiger partial charge in [0.15, 0.2) is 0 Å². The predicted octanol–water partition coefficient (Wildman–Crippen LogP) is 2.06. The van der Waals surface area contributed by atoms with Gasteiger partial charge < -0.3 is 15.7 Å². The number of aryl methyl sites for hydroxylation is 1. The van der Waals surface area contributed by atoms with Crippen molar-refractivity contribution in [1.82, 2.24) is 15.5 Å². The van der Waals surface area contributed by atoms with Gasteiger partial charge in [-0.3, -0.25) is 4.90 Å². The maximum Gasteiger partial charge on any atom is 0.314 e. The number of aliphatic hydroxyl groups is 1. The van der Waals surface area contributed by atoms with Crippen LogP contribution in [0.1, 0.15) is 38.0 Å². The standard InChI is InChI=1S/C17H29N3O2/c1-6-20(5)17(3,4)12-19-16(22)18-11-15(21)14-10-8-7-9-13(14)2/h7-10,15,21H,6,11-12H2,1-5H3,(H2,18,19,22). The first kappa shape index (κ1) is 18.5. The highest BCUT2D eigenvalue weighted by Crippen LogP contribution is 2.16. The van der Waals surface area contributed by atoms with E-state index in [1.807, 2.05) is 38.2 Å². The van der Waals surface area contributed by atoms with E-state index in [-0.39, 0.29) is 18.1 Å². The van der Waals surface area contributed by atoms with Gasteiger partial charge in [-0.05, 0) is 45.5 Å². The third-order valence-corrected chi connectivity index (χ3v) is 4.19. The van der Waals surface area contributed by atoms with Gasteiger partial charge in [0.05, 0.1) is 6.10 Å². The molecule has 0 saturated carbocycles. The minimum absolute atomic E-state index is 0.110. The highest BCUT2D eigenvalue weighted by molar-refractivity contribution is 5.73. The summed E-state index contributed by atoms with van der Waals surface area (Å²) >= 11 is 0. The number of benzene rings is 1. The predicted molar refractivity (Wildman–Crippen MR) is 89.9 cm³/mol. The molecule has 1 aromatic carbocycles. The summed E-state index contributed by atoms with van der Waals surface area (Å²) in [5.74, 6) is 0. The van der Waals surface area contributed by atoms with Gasteiger partial charge in [-0.1, -0.05) is 31.2 Å². The Morgan fingerprint density at radius 1 is 1.32 bits per heavy atom. The molecule has 5 heteroatoms. The Bertz CT molecular complexity index is 489. The number of likely N-dealkylation sites (N-methyl/N-ethyl adjacent to an activating group) is 1. The van der Waals surface area contributed by atoms with Crippen LogP contribution < -0.4 is 10.6 Å². The molecule has 22 heavy (non-hydrogen) atoms. The number of carbonyl (C=O) groups excluding carboxylic acids is 1. The Balaban J connectivity index is 2.42. The molecule has 0 radical (unpaired) electrons. The molecule has 0 aliphatic rings. The van der Waals surface area contributed by atoms with Gasteiger partial charge in [0.25, 0.3) is 0 Å². The number of nitrogens with zero attached hydrogens (tertiary/aromatic N) is 1. The number of rotatable bonds is 7. The molecule has 124 valence electrons. The maximum absolute atomic E-state index is 11.9. The second-order valence-corrected chi connectivity index (χ2v) is 6.26. The molecule has 1 unspecified atom stereocenters. The molecule has 0 spiro atoms. The Labute approximate surface area is 133 Å². The summed E-state index contributed by atoms with van der Waals surface area (Å²) in [6, 6.07) is 7.37. The van der Waals surface area contributed by atoms with Crippen LogP contribution in [0.2, 0.25) is 0 Å². The lowest BCUT2D eigenvalue weighted by atomic mass is 10.0. The van der Waals surface area contributed by atoms with Crippen LogP contribution in [0.15, 0.2) is 24.3 Å². The van der Waals surface area contributed by atoms with Crippen LogP contribution in [-0.2, 0) is 0 Å². The summed E-state index contributed by atoms with van der Waals surface area (Å²) in [6.45, 7) is 9.85. The molecule has 0 aliphatic carbocycles. The largest absolute Gasteiger partial charge is 0.387 e. The van der Waals surface area contributed by atoms with E-state index in [0.717, 1.165) is 17.7 Å². The lowest BCUT2D eigenvalue weighted by Gasteiger charge is -2.35. The van der Waals surface area contributed by atoms with Gasteiger partial charge in [-0.15, -0.1) is 0 Å². The molecule has 0 saturated heterocycles. The van der Waals surface area contributed by atoms with Crippen molar-refractivity contribution < 1.29 is 9.90 Å². The Morgan fingerprint density at radius 2 is 1.95 bits per heavy atom. The number of carbonyl (C=O) groups is 1. The summed E-state index contributed by atoms with van der Waals surface area (Å²) in [7, 11) is 2.03. The van der Waals surface area contributed by atoms with Crippen LogP contribution >= 0.6 is 0 Å². The molecule has 0 fully saturated rings. The van der Waals surface area contributed by atoms with E-state index in [2.05, 4.69) is 36.3 Å². The topological polar surface area (TPSA) is 64.6 Å². The first-order valence-electron chi connectivity index (χ1n) is 7.74. The summed E-state index contributed by atoms with van der Waals surface area (Å²) < 4.78 is 0. The van der Waals surface area contributed by atoms with Crippen LogP contribution in [0.25, 0.3) is 0 Å². The molecule has 3 N–H and O–H groups in total. The SMILES string of the molecule is CCN(C)C(C)(C)CNC(=O)NCC(O)c1ccccc1C. The quantitative estimate of drug-likeness (QED) is 0.722. The van der Waals surface area contributed by atoms with Crippen molar-refractivity contribution in [3.8, 4) is 0 Å². The summed E-state index contributed by atoms with van der Waals surface area (Å²) in [6.07, 6.45) is -0.696. The molecule has 0 aromatic heterocycles. The normalized spacial score (nSPS) is 13.0.